The number of carbonyl (C=O) groups is 1. The minimum Gasteiger partial charge on any atom is -0.493 e. The maximum absolute atomic E-state index is 13.2. The third-order valence-corrected chi connectivity index (χ3v) is 7.73. The lowest BCUT2D eigenvalue weighted by atomic mass is 9.97. The monoisotopic (exact) mass is 542 g/mol. The van der Waals surface area contributed by atoms with E-state index >= 15 is 0 Å². The number of nitrogens with zero attached hydrogens (tertiary/aromatic N) is 2. The van der Waals surface area contributed by atoms with Crippen molar-refractivity contribution in [3.63, 3.8) is 0 Å². The summed E-state index contributed by atoms with van der Waals surface area (Å²) in [6.07, 6.45) is 4.40. The number of rotatable bonds is 6. The molecular weight excluding hydrogens is 512 g/mol. The molecule has 204 valence electrons. The lowest BCUT2D eigenvalue weighted by Crippen LogP contribution is -2.36. The summed E-state index contributed by atoms with van der Waals surface area (Å²) in [4.78, 5) is 19.8. The molecule has 0 saturated carbocycles. The van der Waals surface area contributed by atoms with Crippen LogP contribution in [0.25, 0.3) is 21.9 Å². The number of anilines is 4. The van der Waals surface area contributed by atoms with Crippen LogP contribution in [0.4, 0.5) is 22.7 Å². The highest BCUT2D eigenvalue weighted by atomic mass is 16.5. The first kappa shape index (κ1) is 25.1. The van der Waals surface area contributed by atoms with E-state index in [9.17, 15) is 4.79 Å². The molecule has 1 fully saturated rings. The highest BCUT2D eigenvalue weighted by Crippen LogP contribution is 2.37. The summed E-state index contributed by atoms with van der Waals surface area (Å²) in [5.74, 6) is 0.717. The molecule has 7 heteroatoms. The predicted molar refractivity (Wildman–Crippen MR) is 164 cm³/mol. The summed E-state index contributed by atoms with van der Waals surface area (Å²) in [7, 11) is 0. The number of morpholine rings is 1. The van der Waals surface area contributed by atoms with Crippen LogP contribution in [-0.4, -0.2) is 43.8 Å². The molecule has 0 unspecified atom stereocenters. The van der Waals surface area contributed by atoms with E-state index in [1.165, 1.54) is 5.69 Å². The fraction of sp³-hybridized carbons (Fsp3) is 0.176. The first-order chi connectivity index (χ1) is 20.2. The van der Waals surface area contributed by atoms with Gasteiger partial charge < -0.3 is 25.0 Å². The average Bonchev–Trinajstić information content (AvgIpc) is 3.16. The molecule has 4 aromatic carbocycles. The molecule has 1 amide bonds. The Morgan fingerprint density at radius 1 is 0.829 bits per heavy atom. The van der Waals surface area contributed by atoms with Gasteiger partial charge in [0.2, 0.25) is 0 Å². The number of hydrogen-bond acceptors (Lipinski definition) is 6. The number of amides is 1. The quantitative estimate of drug-likeness (QED) is 0.250. The van der Waals surface area contributed by atoms with Crippen molar-refractivity contribution in [3.05, 3.63) is 108 Å². The smallest absolute Gasteiger partial charge is 0.257 e. The van der Waals surface area contributed by atoms with Gasteiger partial charge >= 0.3 is 0 Å². The average molecular weight is 543 g/mol. The third-order valence-electron chi connectivity index (χ3n) is 7.73. The normalized spacial score (nSPS) is 14.4. The molecule has 5 aromatic rings. The standard InChI is InChI=1S/C34H30N4O3/c39-34-30-10-5-24(28-3-1-2-25-22-35-14-12-29(25)28)21-32(30)36-31-11-4-23(20-33(31)37-34)13-17-41-27-8-6-26(7-9-27)38-15-18-40-19-16-38/h1-12,14,20-22,36H,13,15-19H2,(H,37,39). The van der Waals surface area contributed by atoms with Crippen LogP contribution in [0.3, 0.4) is 0 Å². The van der Waals surface area contributed by atoms with Crippen molar-refractivity contribution in [2.45, 2.75) is 6.42 Å². The number of ether oxygens (including phenoxy) is 2. The number of benzene rings is 4. The highest BCUT2D eigenvalue weighted by molar-refractivity contribution is 6.13. The summed E-state index contributed by atoms with van der Waals surface area (Å²) in [6.45, 7) is 3.91. The van der Waals surface area contributed by atoms with Gasteiger partial charge in [-0.05, 0) is 76.7 Å². The molecule has 7 rings (SSSR count). The summed E-state index contributed by atoms with van der Waals surface area (Å²) in [6, 6.07) is 28.5. The predicted octanol–water partition coefficient (Wildman–Crippen LogP) is 6.67. The largest absolute Gasteiger partial charge is 0.493 e. The van der Waals surface area contributed by atoms with Crippen molar-refractivity contribution in [2.75, 3.05) is 48.4 Å². The molecule has 0 spiro atoms. The van der Waals surface area contributed by atoms with Gasteiger partial charge in [0.1, 0.15) is 5.75 Å². The van der Waals surface area contributed by atoms with E-state index in [2.05, 4.69) is 50.8 Å². The summed E-state index contributed by atoms with van der Waals surface area (Å²) in [5, 5.41) is 8.79. The minimum atomic E-state index is -0.131. The first-order valence-electron chi connectivity index (χ1n) is 14.0. The SMILES string of the molecule is O=C1Nc2cc(CCOc3ccc(N4CCOCC4)cc3)ccc2Nc2cc(-c3cccc4cnccc34)ccc21. The van der Waals surface area contributed by atoms with E-state index in [0.29, 0.717) is 12.2 Å². The maximum Gasteiger partial charge on any atom is 0.257 e. The van der Waals surface area contributed by atoms with Gasteiger partial charge in [0.05, 0.1) is 42.4 Å². The molecule has 2 aliphatic rings. The van der Waals surface area contributed by atoms with E-state index in [4.69, 9.17) is 9.47 Å². The van der Waals surface area contributed by atoms with Crippen LogP contribution >= 0.6 is 0 Å². The summed E-state index contributed by atoms with van der Waals surface area (Å²) < 4.78 is 11.5. The summed E-state index contributed by atoms with van der Waals surface area (Å²) >= 11 is 0. The fourth-order valence-corrected chi connectivity index (χ4v) is 5.54. The Labute approximate surface area is 238 Å². The number of hydrogen-bond donors (Lipinski definition) is 2. The molecule has 7 nitrogen and oxygen atoms in total. The number of aromatic nitrogens is 1. The Kier molecular flexibility index (Phi) is 6.70. The van der Waals surface area contributed by atoms with Crippen LogP contribution < -0.4 is 20.3 Å². The lowest BCUT2D eigenvalue weighted by molar-refractivity contribution is 0.102. The van der Waals surface area contributed by atoms with Crippen molar-refractivity contribution in [2.24, 2.45) is 0 Å². The zero-order chi connectivity index (χ0) is 27.6. The van der Waals surface area contributed by atoms with Crippen LogP contribution in [0.5, 0.6) is 5.75 Å². The van der Waals surface area contributed by atoms with Crippen molar-refractivity contribution in [1.29, 1.82) is 0 Å². The van der Waals surface area contributed by atoms with Crippen molar-refractivity contribution < 1.29 is 14.3 Å². The van der Waals surface area contributed by atoms with E-state index < -0.39 is 0 Å². The van der Waals surface area contributed by atoms with E-state index in [0.717, 1.165) is 83.0 Å². The number of pyridine rings is 1. The Morgan fingerprint density at radius 2 is 1.71 bits per heavy atom. The van der Waals surface area contributed by atoms with Gasteiger partial charge in [-0.2, -0.15) is 0 Å². The highest BCUT2D eigenvalue weighted by Gasteiger charge is 2.20. The fourth-order valence-electron chi connectivity index (χ4n) is 5.54. The van der Waals surface area contributed by atoms with Gasteiger partial charge in [-0.15, -0.1) is 0 Å². The zero-order valence-corrected chi connectivity index (χ0v) is 22.6. The van der Waals surface area contributed by atoms with Crippen molar-refractivity contribution in [3.8, 4) is 16.9 Å². The second kappa shape index (κ2) is 10.9. The van der Waals surface area contributed by atoms with E-state index in [1.807, 2.05) is 67.0 Å². The molecule has 2 aliphatic heterocycles. The van der Waals surface area contributed by atoms with Crippen LogP contribution in [0.1, 0.15) is 15.9 Å². The minimum absolute atomic E-state index is 0.131. The maximum atomic E-state index is 13.2. The number of carbonyl (C=O) groups excluding carboxylic acids is 1. The zero-order valence-electron chi connectivity index (χ0n) is 22.6. The van der Waals surface area contributed by atoms with Gasteiger partial charge in [0.25, 0.3) is 5.91 Å². The molecule has 2 N–H and O–H groups in total. The Hall–Kier alpha value is -4.88. The second-order valence-corrected chi connectivity index (χ2v) is 10.3. The summed E-state index contributed by atoms with van der Waals surface area (Å²) in [5.41, 5.74) is 7.43. The van der Waals surface area contributed by atoms with Crippen molar-refractivity contribution >= 4 is 39.4 Å². The Morgan fingerprint density at radius 3 is 2.59 bits per heavy atom. The molecule has 0 radical (unpaired) electrons. The number of fused-ring (bicyclic) bond motifs is 3. The lowest BCUT2D eigenvalue weighted by Gasteiger charge is -2.28. The van der Waals surface area contributed by atoms with Gasteiger partial charge in [0, 0.05) is 43.0 Å². The van der Waals surface area contributed by atoms with Crippen molar-refractivity contribution in [1.82, 2.24) is 4.98 Å². The second-order valence-electron chi connectivity index (χ2n) is 10.3. The number of nitrogens with one attached hydrogen (secondary N) is 2. The van der Waals surface area contributed by atoms with Crippen LogP contribution in [0, 0.1) is 0 Å². The van der Waals surface area contributed by atoms with Crippen LogP contribution in [0.2, 0.25) is 0 Å². The molecular formula is C34H30N4O3. The molecule has 0 aliphatic carbocycles. The van der Waals surface area contributed by atoms with Gasteiger partial charge in [0.15, 0.2) is 0 Å². The van der Waals surface area contributed by atoms with Gasteiger partial charge in [-0.25, -0.2) is 0 Å². The van der Waals surface area contributed by atoms with Gasteiger partial charge in [-0.3, -0.25) is 9.78 Å². The molecule has 0 bridgehead atoms. The first-order valence-corrected chi connectivity index (χ1v) is 14.0. The molecule has 1 aromatic heterocycles. The topological polar surface area (TPSA) is 75.7 Å². The third kappa shape index (κ3) is 5.19. The van der Waals surface area contributed by atoms with E-state index in [1.54, 1.807) is 0 Å². The van der Waals surface area contributed by atoms with Crippen LogP contribution in [0.15, 0.2) is 97.3 Å². The molecule has 1 saturated heterocycles. The van der Waals surface area contributed by atoms with Crippen LogP contribution in [-0.2, 0) is 11.2 Å². The molecule has 41 heavy (non-hydrogen) atoms. The Bertz CT molecular complexity index is 1720. The van der Waals surface area contributed by atoms with E-state index in [-0.39, 0.29) is 5.91 Å². The molecule has 3 heterocycles. The molecule has 0 atom stereocenters. The Balaban J connectivity index is 1.05. The van der Waals surface area contributed by atoms with Gasteiger partial charge in [-0.1, -0.05) is 30.3 Å².